The third-order valence-electron chi connectivity index (χ3n) is 3.47. The zero-order valence-corrected chi connectivity index (χ0v) is 12.6. The highest BCUT2D eigenvalue weighted by Gasteiger charge is 2.10. The predicted molar refractivity (Wildman–Crippen MR) is 87.5 cm³/mol. The second-order valence-electron chi connectivity index (χ2n) is 5.40. The van der Waals surface area contributed by atoms with Gasteiger partial charge in [-0.2, -0.15) is 0 Å². The third kappa shape index (κ3) is 3.61. The summed E-state index contributed by atoms with van der Waals surface area (Å²) >= 11 is 0. The molecule has 0 spiro atoms. The van der Waals surface area contributed by atoms with Gasteiger partial charge in [-0.25, -0.2) is 0 Å². The molecule has 2 rings (SSSR count). The first-order valence-electron chi connectivity index (χ1n) is 7.00. The van der Waals surface area contributed by atoms with Gasteiger partial charge in [-0.1, -0.05) is 26.0 Å². The highest BCUT2D eigenvalue weighted by molar-refractivity contribution is 6.05. The van der Waals surface area contributed by atoms with Gasteiger partial charge in [-0.15, -0.1) is 0 Å². The summed E-state index contributed by atoms with van der Waals surface area (Å²) in [7, 11) is 0. The molecule has 2 aromatic carbocycles. The van der Waals surface area contributed by atoms with Crippen LogP contribution in [0.2, 0.25) is 0 Å². The number of rotatable bonds is 4. The summed E-state index contributed by atoms with van der Waals surface area (Å²) in [6, 6.07) is 13.3. The average Bonchev–Trinajstić information content (AvgIpc) is 2.47. The Morgan fingerprint density at radius 2 is 1.67 bits per heavy atom. The molecule has 4 heteroatoms. The monoisotopic (exact) mass is 283 g/mol. The Labute approximate surface area is 125 Å². The van der Waals surface area contributed by atoms with E-state index in [9.17, 15) is 4.79 Å². The van der Waals surface area contributed by atoms with Crippen LogP contribution >= 0.6 is 0 Å². The molecule has 110 valence electrons. The number of hydrogen-bond donors (Lipinski definition) is 3. The van der Waals surface area contributed by atoms with Crippen LogP contribution in [0, 0.1) is 6.92 Å². The molecule has 0 bridgehead atoms. The summed E-state index contributed by atoms with van der Waals surface area (Å²) < 4.78 is 0. The molecule has 0 radical (unpaired) electrons. The smallest absolute Gasteiger partial charge is 0.255 e. The first-order chi connectivity index (χ1) is 10.0. The number of hydrazine groups is 1. The predicted octanol–water partition coefficient (Wildman–Crippen LogP) is 3.66. The van der Waals surface area contributed by atoms with Gasteiger partial charge in [0.15, 0.2) is 0 Å². The molecule has 1 amide bonds. The minimum atomic E-state index is -0.117. The molecule has 0 saturated carbocycles. The molecule has 2 aromatic rings. The van der Waals surface area contributed by atoms with Crippen LogP contribution in [0.1, 0.15) is 41.3 Å². The van der Waals surface area contributed by atoms with E-state index in [0.29, 0.717) is 11.5 Å². The lowest BCUT2D eigenvalue weighted by Crippen LogP contribution is -2.14. The molecule has 21 heavy (non-hydrogen) atoms. The first-order valence-corrected chi connectivity index (χ1v) is 7.00. The van der Waals surface area contributed by atoms with E-state index in [1.807, 2.05) is 37.3 Å². The number of anilines is 2. The molecule has 0 heterocycles. The standard InChI is InChI=1S/C17H21N3O/c1-11(2)13-4-6-14(7-5-13)19-17(21)16-9-8-15(20-18)10-12(16)3/h4-11,20H,18H2,1-3H3,(H,19,21). The van der Waals surface area contributed by atoms with Crippen molar-refractivity contribution in [1.82, 2.24) is 0 Å². The molecule has 0 atom stereocenters. The number of nitrogen functional groups attached to an aromatic ring is 1. The molecule has 0 saturated heterocycles. The highest BCUT2D eigenvalue weighted by atomic mass is 16.1. The molecule has 4 N–H and O–H groups in total. The third-order valence-corrected chi connectivity index (χ3v) is 3.47. The summed E-state index contributed by atoms with van der Waals surface area (Å²) in [5.74, 6) is 5.72. The van der Waals surface area contributed by atoms with E-state index >= 15 is 0 Å². The van der Waals surface area contributed by atoms with Gasteiger partial charge < -0.3 is 10.7 Å². The van der Waals surface area contributed by atoms with Crippen LogP contribution in [0.25, 0.3) is 0 Å². The van der Waals surface area contributed by atoms with Gasteiger partial charge in [0.1, 0.15) is 0 Å². The largest absolute Gasteiger partial charge is 0.324 e. The van der Waals surface area contributed by atoms with E-state index < -0.39 is 0 Å². The van der Waals surface area contributed by atoms with Crippen molar-refractivity contribution in [2.45, 2.75) is 26.7 Å². The van der Waals surface area contributed by atoms with E-state index in [2.05, 4.69) is 24.6 Å². The minimum absolute atomic E-state index is 0.117. The number of amides is 1. The number of hydrogen-bond acceptors (Lipinski definition) is 3. The lowest BCUT2D eigenvalue weighted by molar-refractivity contribution is 0.102. The molecule has 0 aliphatic rings. The van der Waals surface area contributed by atoms with Gasteiger partial charge in [-0.3, -0.25) is 10.6 Å². The minimum Gasteiger partial charge on any atom is -0.324 e. The van der Waals surface area contributed by atoms with Crippen molar-refractivity contribution in [2.24, 2.45) is 5.84 Å². The normalized spacial score (nSPS) is 10.5. The molecule has 0 aliphatic heterocycles. The van der Waals surface area contributed by atoms with E-state index in [1.54, 1.807) is 12.1 Å². The van der Waals surface area contributed by atoms with Crippen LogP contribution in [0.5, 0.6) is 0 Å². The Morgan fingerprint density at radius 3 is 2.19 bits per heavy atom. The van der Waals surface area contributed by atoms with Crippen molar-refractivity contribution in [3.05, 3.63) is 59.2 Å². The van der Waals surface area contributed by atoms with Gasteiger partial charge >= 0.3 is 0 Å². The summed E-state index contributed by atoms with van der Waals surface area (Å²) in [5.41, 5.74) is 6.92. The second kappa shape index (κ2) is 6.41. The fourth-order valence-electron chi connectivity index (χ4n) is 2.16. The van der Waals surface area contributed by atoms with E-state index in [0.717, 1.165) is 16.9 Å². The van der Waals surface area contributed by atoms with E-state index in [4.69, 9.17) is 5.84 Å². The topological polar surface area (TPSA) is 67.1 Å². The van der Waals surface area contributed by atoms with Crippen molar-refractivity contribution >= 4 is 17.3 Å². The Morgan fingerprint density at radius 1 is 1.05 bits per heavy atom. The molecule has 0 unspecified atom stereocenters. The lowest BCUT2D eigenvalue weighted by atomic mass is 10.0. The Balaban J connectivity index is 2.14. The molecule has 4 nitrogen and oxygen atoms in total. The van der Waals surface area contributed by atoms with Crippen LogP contribution in [-0.4, -0.2) is 5.91 Å². The SMILES string of the molecule is Cc1cc(NN)ccc1C(=O)Nc1ccc(C(C)C)cc1. The molecule has 0 aromatic heterocycles. The van der Waals surface area contributed by atoms with E-state index in [-0.39, 0.29) is 5.91 Å². The van der Waals surface area contributed by atoms with Crippen LogP contribution < -0.4 is 16.6 Å². The van der Waals surface area contributed by atoms with Crippen LogP contribution in [0.15, 0.2) is 42.5 Å². The maximum Gasteiger partial charge on any atom is 0.255 e. The van der Waals surface area contributed by atoms with Crippen LogP contribution in [-0.2, 0) is 0 Å². The number of carbonyl (C=O) groups is 1. The number of aryl methyl sites for hydroxylation is 1. The van der Waals surface area contributed by atoms with Crippen molar-refractivity contribution in [3.8, 4) is 0 Å². The molecular weight excluding hydrogens is 262 g/mol. The van der Waals surface area contributed by atoms with Gasteiger partial charge in [0.25, 0.3) is 5.91 Å². The number of nitrogens with two attached hydrogens (primary N) is 1. The highest BCUT2D eigenvalue weighted by Crippen LogP contribution is 2.19. The number of nitrogens with one attached hydrogen (secondary N) is 2. The fraction of sp³-hybridized carbons (Fsp3) is 0.235. The number of benzene rings is 2. The summed E-state index contributed by atoms with van der Waals surface area (Å²) in [6.07, 6.45) is 0. The fourth-order valence-corrected chi connectivity index (χ4v) is 2.16. The Hall–Kier alpha value is -2.33. The van der Waals surface area contributed by atoms with Crippen molar-refractivity contribution in [3.63, 3.8) is 0 Å². The van der Waals surface area contributed by atoms with Crippen molar-refractivity contribution < 1.29 is 4.79 Å². The zero-order valence-electron chi connectivity index (χ0n) is 12.6. The average molecular weight is 283 g/mol. The summed E-state index contributed by atoms with van der Waals surface area (Å²) in [6.45, 7) is 6.17. The van der Waals surface area contributed by atoms with Crippen LogP contribution in [0.3, 0.4) is 0 Å². The summed E-state index contributed by atoms with van der Waals surface area (Å²) in [5, 5.41) is 2.91. The maximum atomic E-state index is 12.3. The molecule has 0 fully saturated rings. The zero-order chi connectivity index (χ0) is 15.4. The van der Waals surface area contributed by atoms with Crippen molar-refractivity contribution in [2.75, 3.05) is 10.7 Å². The van der Waals surface area contributed by atoms with Gasteiger partial charge in [-0.05, 0) is 54.3 Å². The first kappa shape index (κ1) is 15.1. The second-order valence-corrected chi connectivity index (χ2v) is 5.40. The Bertz CT molecular complexity index is 633. The van der Waals surface area contributed by atoms with E-state index in [1.165, 1.54) is 5.56 Å². The molecular formula is C17H21N3O. The summed E-state index contributed by atoms with van der Waals surface area (Å²) in [4.78, 5) is 12.3. The number of carbonyl (C=O) groups excluding carboxylic acids is 1. The maximum absolute atomic E-state index is 12.3. The quantitative estimate of drug-likeness (QED) is 0.592. The van der Waals surface area contributed by atoms with Gasteiger partial charge in [0.2, 0.25) is 0 Å². The lowest BCUT2D eigenvalue weighted by Gasteiger charge is -2.11. The Kier molecular flexibility index (Phi) is 4.60. The van der Waals surface area contributed by atoms with Crippen LogP contribution in [0.4, 0.5) is 11.4 Å². The molecule has 0 aliphatic carbocycles. The van der Waals surface area contributed by atoms with Gasteiger partial charge in [0, 0.05) is 16.9 Å². The van der Waals surface area contributed by atoms with Gasteiger partial charge in [0.05, 0.1) is 0 Å². The van der Waals surface area contributed by atoms with Crippen molar-refractivity contribution in [1.29, 1.82) is 0 Å².